The molecule has 2 heterocycles. The van der Waals surface area contributed by atoms with Gasteiger partial charge in [0.15, 0.2) is 0 Å². The van der Waals surface area contributed by atoms with Crippen molar-refractivity contribution in [1.29, 1.82) is 0 Å². The summed E-state index contributed by atoms with van der Waals surface area (Å²) in [5.41, 5.74) is 10.8. The van der Waals surface area contributed by atoms with Crippen LogP contribution in [0.3, 0.4) is 0 Å². The lowest BCUT2D eigenvalue weighted by atomic mass is 9.98. The number of alkyl halides is 3. The van der Waals surface area contributed by atoms with Crippen LogP contribution in [-0.2, 0) is 23.9 Å². The molecule has 6 rings (SSSR count). The minimum Gasteiger partial charge on any atom is -0.383 e. The third-order valence-corrected chi connectivity index (χ3v) is 9.18. The van der Waals surface area contributed by atoms with Crippen molar-refractivity contribution >= 4 is 11.7 Å². The van der Waals surface area contributed by atoms with Crippen molar-refractivity contribution in [3.05, 3.63) is 82.5 Å². The van der Waals surface area contributed by atoms with E-state index in [4.69, 9.17) is 10.5 Å². The number of hydrogen-bond donors (Lipinski definition) is 2. The largest absolute Gasteiger partial charge is 0.417 e. The standard InChI is InChI=1S/C33H38F3N5O2/c1-40-13-15-41(16-14-40)29-12-10-24-17-23(9-11-26(24)29)22-7-5-21(6-8-22)20-43-30-4-2-3-28(30)39-32(42)27-18-25(33(34,35)36)19-38-31(27)37/h5-9,11,17-19,28-30H,2-4,10,12-16,20H2,1H3,(H2,37,38)(H,39,42)/t28-,29-,30-/m0/s1. The number of hydrogen-bond acceptors (Lipinski definition) is 6. The normalized spacial score (nSPS) is 22.9. The molecular weight excluding hydrogens is 555 g/mol. The van der Waals surface area contributed by atoms with Gasteiger partial charge in [0.1, 0.15) is 5.82 Å². The Kier molecular flexibility index (Phi) is 8.44. The van der Waals surface area contributed by atoms with Gasteiger partial charge in [0.25, 0.3) is 5.91 Å². The van der Waals surface area contributed by atoms with Gasteiger partial charge in [-0.25, -0.2) is 4.98 Å². The van der Waals surface area contributed by atoms with Crippen molar-refractivity contribution in [3.8, 4) is 11.1 Å². The number of likely N-dealkylation sites (N-methyl/N-ethyl adjacent to an activating group) is 1. The van der Waals surface area contributed by atoms with Gasteiger partial charge >= 0.3 is 6.18 Å². The molecule has 43 heavy (non-hydrogen) atoms. The van der Waals surface area contributed by atoms with E-state index in [0.29, 0.717) is 25.3 Å². The van der Waals surface area contributed by atoms with Crippen LogP contribution in [0.2, 0.25) is 0 Å². The van der Waals surface area contributed by atoms with E-state index in [0.717, 1.165) is 62.6 Å². The molecule has 7 nitrogen and oxygen atoms in total. The molecule has 2 fully saturated rings. The summed E-state index contributed by atoms with van der Waals surface area (Å²) in [6.45, 7) is 4.89. The van der Waals surface area contributed by atoms with Crippen LogP contribution in [0.15, 0.2) is 54.7 Å². The molecule has 2 aromatic carbocycles. The zero-order chi connectivity index (χ0) is 30.1. The van der Waals surface area contributed by atoms with E-state index in [1.54, 1.807) is 0 Å². The maximum Gasteiger partial charge on any atom is 0.417 e. The molecule has 0 radical (unpaired) electrons. The minimum absolute atomic E-state index is 0.237. The van der Waals surface area contributed by atoms with Gasteiger partial charge in [0.2, 0.25) is 0 Å². The number of nitrogens with one attached hydrogen (secondary N) is 1. The summed E-state index contributed by atoms with van der Waals surface area (Å²) in [6, 6.07) is 16.2. The number of nitrogen functional groups attached to an aromatic ring is 1. The highest BCUT2D eigenvalue weighted by Gasteiger charge is 2.34. The maximum atomic E-state index is 13.1. The number of carbonyl (C=O) groups is 1. The highest BCUT2D eigenvalue weighted by molar-refractivity contribution is 5.98. The molecule has 0 bridgehead atoms. The van der Waals surface area contributed by atoms with Gasteiger partial charge in [0.05, 0.1) is 29.9 Å². The van der Waals surface area contributed by atoms with Crippen LogP contribution in [0.4, 0.5) is 19.0 Å². The van der Waals surface area contributed by atoms with Crippen LogP contribution < -0.4 is 11.1 Å². The van der Waals surface area contributed by atoms with Crippen molar-refractivity contribution in [2.24, 2.45) is 0 Å². The molecule has 1 aliphatic heterocycles. The molecule has 10 heteroatoms. The smallest absolute Gasteiger partial charge is 0.383 e. The Hall–Kier alpha value is -3.47. The third-order valence-electron chi connectivity index (χ3n) is 9.18. The number of pyridine rings is 1. The number of aromatic nitrogens is 1. The predicted molar refractivity (Wildman–Crippen MR) is 159 cm³/mol. The van der Waals surface area contributed by atoms with E-state index in [2.05, 4.69) is 69.6 Å². The maximum absolute atomic E-state index is 13.1. The first-order valence-corrected chi connectivity index (χ1v) is 15.1. The molecule has 1 saturated heterocycles. The van der Waals surface area contributed by atoms with Crippen LogP contribution in [0.1, 0.15) is 64.3 Å². The molecule has 3 atom stereocenters. The summed E-state index contributed by atoms with van der Waals surface area (Å²) in [6.07, 6.45) is 0.353. The van der Waals surface area contributed by atoms with Gasteiger partial charge < -0.3 is 20.7 Å². The molecule has 0 spiro atoms. The van der Waals surface area contributed by atoms with Crippen molar-refractivity contribution < 1.29 is 22.7 Å². The van der Waals surface area contributed by atoms with Crippen molar-refractivity contribution in [3.63, 3.8) is 0 Å². The van der Waals surface area contributed by atoms with Crippen LogP contribution >= 0.6 is 0 Å². The second kappa shape index (κ2) is 12.3. The number of ether oxygens (including phenoxy) is 1. The van der Waals surface area contributed by atoms with Gasteiger partial charge in [-0.2, -0.15) is 13.2 Å². The van der Waals surface area contributed by atoms with Gasteiger partial charge in [0, 0.05) is 38.4 Å². The monoisotopic (exact) mass is 593 g/mol. The highest BCUT2D eigenvalue weighted by atomic mass is 19.4. The third kappa shape index (κ3) is 6.56. The van der Waals surface area contributed by atoms with Gasteiger partial charge in [-0.3, -0.25) is 9.69 Å². The molecule has 1 saturated carbocycles. The molecule has 228 valence electrons. The average Bonchev–Trinajstić information content (AvgIpc) is 3.62. The van der Waals surface area contributed by atoms with Crippen molar-refractivity contribution in [2.45, 2.75) is 63.1 Å². The summed E-state index contributed by atoms with van der Waals surface area (Å²) in [5.74, 6) is -0.913. The Balaban J connectivity index is 1.05. The van der Waals surface area contributed by atoms with E-state index in [-0.39, 0.29) is 23.5 Å². The molecule has 3 N–H and O–H groups in total. The summed E-state index contributed by atoms with van der Waals surface area (Å²) in [7, 11) is 2.19. The van der Waals surface area contributed by atoms with E-state index in [1.165, 1.54) is 23.1 Å². The first-order valence-electron chi connectivity index (χ1n) is 15.1. The number of fused-ring (bicyclic) bond motifs is 1. The number of piperazine rings is 1. The Morgan fingerprint density at radius 2 is 1.77 bits per heavy atom. The zero-order valence-corrected chi connectivity index (χ0v) is 24.4. The molecule has 1 aromatic heterocycles. The Bertz CT molecular complexity index is 1450. The number of nitrogens with two attached hydrogens (primary N) is 1. The number of nitrogens with zero attached hydrogens (tertiary/aromatic N) is 3. The summed E-state index contributed by atoms with van der Waals surface area (Å²) in [4.78, 5) is 21.4. The number of rotatable bonds is 7. The second-order valence-electron chi connectivity index (χ2n) is 12.0. The zero-order valence-electron chi connectivity index (χ0n) is 24.4. The van der Waals surface area contributed by atoms with Crippen LogP contribution in [-0.4, -0.2) is 66.1 Å². The Morgan fingerprint density at radius 3 is 2.51 bits per heavy atom. The Morgan fingerprint density at radius 1 is 1.02 bits per heavy atom. The molecule has 1 amide bonds. The predicted octanol–water partition coefficient (Wildman–Crippen LogP) is 5.45. The number of anilines is 1. The summed E-state index contributed by atoms with van der Waals surface area (Å²) < 4.78 is 45.5. The topological polar surface area (TPSA) is 83.7 Å². The summed E-state index contributed by atoms with van der Waals surface area (Å²) in [5, 5.41) is 2.82. The lowest BCUT2D eigenvalue weighted by Crippen LogP contribution is -2.45. The van der Waals surface area contributed by atoms with E-state index >= 15 is 0 Å². The summed E-state index contributed by atoms with van der Waals surface area (Å²) >= 11 is 0. The fourth-order valence-corrected chi connectivity index (χ4v) is 6.63. The molecule has 3 aliphatic rings. The second-order valence-corrected chi connectivity index (χ2v) is 12.0. The van der Waals surface area contributed by atoms with Crippen LogP contribution in [0, 0.1) is 0 Å². The lowest BCUT2D eigenvalue weighted by Gasteiger charge is -2.36. The quantitative estimate of drug-likeness (QED) is 0.379. The van der Waals surface area contributed by atoms with E-state index in [9.17, 15) is 18.0 Å². The number of amides is 1. The van der Waals surface area contributed by atoms with E-state index < -0.39 is 17.6 Å². The number of benzene rings is 2. The van der Waals surface area contributed by atoms with Crippen LogP contribution in [0.5, 0.6) is 0 Å². The fourth-order valence-electron chi connectivity index (χ4n) is 6.63. The lowest BCUT2D eigenvalue weighted by molar-refractivity contribution is -0.137. The van der Waals surface area contributed by atoms with Gasteiger partial charge in [-0.1, -0.05) is 42.5 Å². The average molecular weight is 594 g/mol. The first-order chi connectivity index (χ1) is 20.7. The fraction of sp³-hybridized carbons (Fsp3) is 0.455. The minimum atomic E-state index is -4.61. The van der Waals surface area contributed by atoms with Crippen molar-refractivity contribution in [2.75, 3.05) is 39.0 Å². The Labute approximate surface area is 250 Å². The molecule has 2 aliphatic carbocycles. The van der Waals surface area contributed by atoms with Gasteiger partial charge in [-0.15, -0.1) is 0 Å². The highest BCUT2D eigenvalue weighted by Crippen LogP contribution is 2.38. The van der Waals surface area contributed by atoms with Gasteiger partial charge in [-0.05, 0) is 73.0 Å². The van der Waals surface area contributed by atoms with E-state index in [1.807, 2.05) is 0 Å². The molecule has 3 aromatic rings. The number of halogens is 3. The molecular formula is C33H38F3N5O2. The number of carbonyl (C=O) groups excluding carboxylic acids is 1. The molecule has 0 unspecified atom stereocenters. The number of aryl methyl sites for hydroxylation is 1. The SMILES string of the molecule is CN1CCN([C@H]2CCc3cc(-c4ccc(CO[C@H]5CCC[C@@H]5NC(=O)c5cc(C(F)(F)F)cnc5N)cc4)ccc32)CC1. The first kappa shape index (κ1) is 29.6. The van der Waals surface area contributed by atoms with Crippen molar-refractivity contribution in [1.82, 2.24) is 20.1 Å². The van der Waals surface area contributed by atoms with Crippen LogP contribution in [0.25, 0.3) is 11.1 Å².